The standard InChI is InChI=1S/C13H14F2N2O4S/c1-8(2)12-11(7-16-21-12)17-22(18,19)10-5-3-9(4-6-10)20-13(14)15/h3-8,13,17H,1-2H3. The van der Waals surface area contributed by atoms with Crippen LogP contribution in [0, 0.1) is 0 Å². The number of halogens is 2. The van der Waals surface area contributed by atoms with E-state index in [9.17, 15) is 17.2 Å². The molecular formula is C13H14F2N2O4S. The molecule has 0 spiro atoms. The van der Waals surface area contributed by atoms with E-state index >= 15 is 0 Å². The van der Waals surface area contributed by atoms with Gasteiger partial charge in [0.2, 0.25) is 0 Å². The van der Waals surface area contributed by atoms with Crippen molar-refractivity contribution in [2.45, 2.75) is 31.3 Å². The van der Waals surface area contributed by atoms with Crippen LogP contribution in [0.1, 0.15) is 25.5 Å². The first-order valence-electron chi connectivity index (χ1n) is 6.32. The molecule has 1 aromatic carbocycles. The molecular weight excluding hydrogens is 318 g/mol. The van der Waals surface area contributed by atoms with E-state index in [1.165, 1.54) is 18.3 Å². The normalized spacial score (nSPS) is 11.9. The largest absolute Gasteiger partial charge is 0.435 e. The van der Waals surface area contributed by atoms with Crippen LogP contribution < -0.4 is 9.46 Å². The second kappa shape index (κ2) is 6.30. The monoisotopic (exact) mass is 332 g/mol. The summed E-state index contributed by atoms with van der Waals surface area (Å²) in [5.74, 6) is 0.227. The number of nitrogens with zero attached hydrogens (tertiary/aromatic N) is 1. The predicted octanol–water partition coefficient (Wildman–Crippen LogP) is 3.20. The summed E-state index contributed by atoms with van der Waals surface area (Å²) in [6.07, 6.45) is 1.27. The minimum atomic E-state index is -3.88. The van der Waals surface area contributed by atoms with Gasteiger partial charge in [-0.25, -0.2) is 8.42 Å². The molecule has 1 aromatic heterocycles. The molecule has 22 heavy (non-hydrogen) atoms. The van der Waals surface area contributed by atoms with Crippen LogP contribution in [-0.4, -0.2) is 20.2 Å². The van der Waals surface area contributed by atoms with Crippen LogP contribution in [0.3, 0.4) is 0 Å². The van der Waals surface area contributed by atoms with Gasteiger partial charge in [-0.2, -0.15) is 8.78 Å². The third-order valence-electron chi connectivity index (χ3n) is 2.73. The highest BCUT2D eigenvalue weighted by Crippen LogP contribution is 2.26. The smallest absolute Gasteiger partial charge is 0.387 e. The molecule has 0 bridgehead atoms. The molecule has 1 N–H and O–H groups in total. The van der Waals surface area contributed by atoms with E-state index in [0.29, 0.717) is 5.76 Å². The molecule has 0 radical (unpaired) electrons. The Morgan fingerprint density at radius 2 is 1.86 bits per heavy atom. The average molecular weight is 332 g/mol. The summed E-state index contributed by atoms with van der Waals surface area (Å²) in [7, 11) is -3.88. The number of benzene rings is 1. The first-order chi connectivity index (χ1) is 10.3. The van der Waals surface area contributed by atoms with Crippen molar-refractivity contribution in [3.63, 3.8) is 0 Å². The fraction of sp³-hybridized carbons (Fsp3) is 0.308. The lowest BCUT2D eigenvalue weighted by molar-refractivity contribution is -0.0498. The second-order valence-corrected chi connectivity index (χ2v) is 6.40. The van der Waals surface area contributed by atoms with Crippen molar-refractivity contribution in [1.82, 2.24) is 5.16 Å². The first kappa shape index (κ1) is 16.2. The topological polar surface area (TPSA) is 81.4 Å². The average Bonchev–Trinajstić information content (AvgIpc) is 2.86. The number of alkyl halides is 2. The van der Waals surface area contributed by atoms with Gasteiger partial charge in [-0.1, -0.05) is 19.0 Å². The molecule has 0 saturated carbocycles. The Bertz CT molecular complexity index is 727. The first-order valence-corrected chi connectivity index (χ1v) is 7.80. The molecule has 0 aliphatic heterocycles. The Hall–Kier alpha value is -2.16. The number of ether oxygens (including phenoxy) is 1. The zero-order valence-corrected chi connectivity index (χ0v) is 12.6. The number of sulfonamides is 1. The highest BCUT2D eigenvalue weighted by Gasteiger charge is 2.20. The van der Waals surface area contributed by atoms with Gasteiger partial charge in [0.15, 0.2) is 5.76 Å². The van der Waals surface area contributed by atoms with Crippen LogP contribution in [0.4, 0.5) is 14.5 Å². The number of hydrogen-bond donors (Lipinski definition) is 1. The Kier molecular flexibility index (Phi) is 4.65. The highest BCUT2D eigenvalue weighted by molar-refractivity contribution is 7.92. The molecule has 6 nitrogen and oxygen atoms in total. The number of aromatic nitrogens is 1. The van der Waals surface area contributed by atoms with E-state index in [1.54, 1.807) is 0 Å². The van der Waals surface area contributed by atoms with E-state index in [4.69, 9.17) is 4.52 Å². The van der Waals surface area contributed by atoms with Crippen LogP contribution >= 0.6 is 0 Å². The molecule has 0 aliphatic rings. The molecule has 0 atom stereocenters. The van der Waals surface area contributed by atoms with Crippen LogP contribution in [-0.2, 0) is 10.0 Å². The van der Waals surface area contributed by atoms with Crippen molar-refractivity contribution < 1.29 is 26.5 Å². The summed E-state index contributed by atoms with van der Waals surface area (Å²) in [5.41, 5.74) is 0.239. The van der Waals surface area contributed by atoms with Gasteiger partial charge in [0.05, 0.1) is 11.1 Å². The van der Waals surface area contributed by atoms with Crippen LogP contribution in [0.15, 0.2) is 39.9 Å². The predicted molar refractivity (Wildman–Crippen MR) is 74.5 cm³/mol. The zero-order valence-electron chi connectivity index (χ0n) is 11.8. The summed E-state index contributed by atoms with van der Waals surface area (Å²) in [5, 5.41) is 3.56. The molecule has 2 rings (SSSR count). The van der Waals surface area contributed by atoms with Crippen LogP contribution in [0.5, 0.6) is 5.75 Å². The molecule has 120 valence electrons. The number of anilines is 1. The van der Waals surface area contributed by atoms with E-state index < -0.39 is 16.6 Å². The highest BCUT2D eigenvalue weighted by atomic mass is 32.2. The fourth-order valence-corrected chi connectivity index (χ4v) is 2.80. The molecule has 0 amide bonds. The molecule has 0 unspecified atom stereocenters. The van der Waals surface area contributed by atoms with Gasteiger partial charge in [0, 0.05) is 5.92 Å². The lowest BCUT2D eigenvalue weighted by atomic mass is 10.1. The van der Waals surface area contributed by atoms with Gasteiger partial charge in [-0.3, -0.25) is 4.72 Å². The van der Waals surface area contributed by atoms with E-state index in [1.807, 2.05) is 13.8 Å². The number of hydrogen-bond acceptors (Lipinski definition) is 5. The van der Waals surface area contributed by atoms with Crippen molar-refractivity contribution in [1.29, 1.82) is 0 Å². The van der Waals surface area contributed by atoms with Gasteiger partial charge >= 0.3 is 6.61 Å². The lowest BCUT2D eigenvalue weighted by Gasteiger charge is -2.09. The fourth-order valence-electron chi connectivity index (χ4n) is 1.75. The molecule has 1 heterocycles. The third kappa shape index (κ3) is 3.73. The Balaban J connectivity index is 2.21. The van der Waals surface area contributed by atoms with E-state index in [2.05, 4.69) is 14.6 Å². The summed E-state index contributed by atoms with van der Waals surface area (Å²) in [6, 6.07) is 4.64. The molecule has 2 aromatic rings. The summed E-state index contributed by atoms with van der Waals surface area (Å²) in [4.78, 5) is -0.0926. The van der Waals surface area contributed by atoms with Gasteiger partial charge in [-0.15, -0.1) is 0 Å². The lowest BCUT2D eigenvalue weighted by Crippen LogP contribution is -2.13. The zero-order chi connectivity index (χ0) is 16.3. The number of rotatable bonds is 6. The summed E-state index contributed by atoms with van der Waals surface area (Å²) in [6.45, 7) is 0.690. The van der Waals surface area contributed by atoms with Gasteiger partial charge < -0.3 is 9.26 Å². The van der Waals surface area contributed by atoms with Crippen molar-refractivity contribution in [2.75, 3.05) is 4.72 Å². The molecule has 9 heteroatoms. The third-order valence-corrected chi connectivity index (χ3v) is 4.11. The Morgan fingerprint density at radius 3 is 2.41 bits per heavy atom. The van der Waals surface area contributed by atoms with Crippen LogP contribution in [0.2, 0.25) is 0 Å². The molecule has 0 aliphatic carbocycles. The maximum atomic E-state index is 12.2. The Morgan fingerprint density at radius 1 is 1.23 bits per heavy atom. The Labute approximate surface area is 126 Å². The van der Waals surface area contributed by atoms with Crippen molar-refractivity contribution in [2.24, 2.45) is 0 Å². The summed E-state index contributed by atoms with van der Waals surface area (Å²) >= 11 is 0. The van der Waals surface area contributed by atoms with Crippen LogP contribution in [0.25, 0.3) is 0 Å². The van der Waals surface area contributed by atoms with Gasteiger partial charge in [-0.05, 0) is 24.3 Å². The maximum absolute atomic E-state index is 12.2. The molecule has 0 saturated heterocycles. The van der Waals surface area contributed by atoms with Gasteiger partial charge in [0.25, 0.3) is 10.0 Å². The minimum absolute atomic E-state index is 0.0537. The van der Waals surface area contributed by atoms with Gasteiger partial charge in [0.1, 0.15) is 11.4 Å². The van der Waals surface area contributed by atoms with Crippen molar-refractivity contribution in [3.8, 4) is 5.75 Å². The maximum Gasteiger partial charge on any atom is 0.387 e. The SMILES string of the molecule is CC(C)c1oncc1NS(=O)(=O)c1ccc(OC(F)F)cc1. The van der Waals surface area contributed by atoms with Crippen molar-refractivity contribution >= 4 is 15.7 Å². The van der Waals surface area contributed by atoms with E-state index in [-0.39, 0.29) is 22.3 Å². The summed E-state index contributed by atoms with van der Waals surface area (Å²) < 4.78 is 60.1. The second-order valence-electron chi connectivity index (χ2n) is 4.71. The van der Waals surface area contributed by atoms with E-state index in [0.717, 1.165) is 12.1 Å². The quantitative estimate of drug-likeness (QED) is 0.878. The van der Waals surface area contributed by atoms with Crippen molar-refractivity contribution in [3.05, 3.63) is 36.2 Å². The molecule has 0 fully saturated rings. The minimum Gasteiger partial charge on any atom is -0.435 e. The number of nitrogens with one attached hydrogen (secondary N) is 1.